The van der Waals surface area contributed by atoms with E-state index in [2.05, 4.69) is 15.5 Å². The normalized spacial score (nSPS) is 15.1. The van der Waals surface area contributed by atoms with Crippen LogP contribution >= 0.6 is 0 Å². The molecule has 10 heteroatoms. The molecule has 1 aromatic carbocycles. The molecule has 0 unspecified atom stereocenters. The number of carbonyl (C=O) groups excluding carboxylic acids is 1. The van der Waals surface area contributed by atoms with E-state index in [0.717, 1.165) is 38.2 Å². The Labute approximate surface area is 196 Å². The van der Waals surface area contributed by atoms with Gasteiger partial charge in [-0.05, 0) is 48.9 Å². The van der Waals surface area contributed by atoms with Crippen LogP contribution in [-0.2, 0) is 27.2 Å². The number of aromatic nitrogens is 1. The van der Waals surface area contributed by atoms with E-state index >= 15 is 0 Å². The van der Waals surface area contributed by atoms with E-state index < -0.39 is 11.7 Å². The number of alkyl halides is 3. The minimum atomic E-state index is -4.37. The van der Waals surface area contributed by atoms with Crippen molar-refractivity contribution in [3.8, 4) is 5.88 Å². The molecule has 1 aromatic heterocycles. The Hall–Kier alpha value is -3.14. The van der Waals surface area contributed by atoms with Crippen molar-refractivity contribution in [3.63, 3.8) is 0 Å². The summed E-state index contributed by atoms with van der Waals surface area (Å²) in [5.74, 6) is 0.541. The highest BCUT2D eigenvalue weighted by Gasteiger charge is 2.29. The van der Waals surface area contributed by atoms with Crippen LogP contribution in [0.1, 0.15) is 42.9 Å². The van der Waals surface area contributed by atoms with Gasteiger partial charge < -0.3 is 19.6 Å². The molecule has 1 aliphatic rings. The molecule has 1 saturated heterocycles. The van der Waals surface area contributed by atoms with Crippen molar-refractivity contribution >= 4 is 11.6 Å². The molecular weight excluding hydrogens is 451 g/mol. The van der Waals surface area contributed by atoms with Crippen molar-refractivity contribution in [3.05, 3.63) is 59.3 Å². The van der Waals surface area contributed by atoms with Gasteiger partial charge in [0, 0.05) is 37.6 Å². The smallest absolute Gasteiger partial charge is 0.416 e. The van der Waals surface area contributed by atoms with Crippen LogP contribution in [0.5, 0.6) is 5.88 Å². The molecule has 7 nitrogen and oxygen atoms in total. The highest BCUT2D eigenvalue weighted by molar-refractivity contribution is 5.99. The fourth-order valence-corrected chi connectivity index (χ4v) is 3.33. The number of pyridine rings is 1. The van der Waals surface area contributed by atoms with E-state index in [0.29, 0.717) is 41.6 Å². The van der Waals surface area contributed by atoms with Crippen molar-refractivity contribution in [1.82, 2.24) is 10.3 Å². The summed E-state index contributed by atoms with van der Waals surface area (Å²) in [6, 6.07) is 8.14. The summed E-state index contributed by atoms with van der Waals surface area (Å²) in [7, 11) is 0. The highest BCUT2D eigenvalue weighted by Crippen LogP contribution is 2.29. The summed E-state index contributed by atoms with van der Waals surface area (Å²) in [6.07, 6.45) is -0.355. The summed E-state index contributed by atoms with van der Waals surface area (Å²) in [4.78, 5) is 21.5. The number of halogens is 3. The molecule has 0 spiro atoms. The first-order valence-corrected chi connectivity index (χ1v) is 11.1. The van der Waals surface area contributed by atoms with Crippen LogP contribution in [0.4, 0.5) is 13.2 Å². The molecule has 34 heavy (non-hydrogen) atoms. The number of carbonyl (C=O) groups is 1. The third-order valence-electron chi connectivity index (χ3n) is 5.37. The molecule has 1 aliphatic heterocycles. The van der Waals surface area contributed by atoms with Gasteiger partial charge in [0.25, 0.3) is 5.91 Å². The third-order valence-corrected chi connectivity index (χ3v) is 5.37. The lowest BCUT2D eigenvalue weighted by molar-refractivity contribution is -0.137. The predicted molar refractivity (Wildman–Crippen MR) is 119 cm³/mol. The van der Waals surface area contributed by atoms with Crippen LogP contribution in [0.15, 0.2) is 47.8 Å². The lowest BCUT2D eigenvalue weighted by Crippen LogP contribution is -2.35. The number of benzene rings is 1. The van der Waals surface area contributed by atoms with Gasteiger partial charge >= 0.3 is 6.18 Å². The lowest BCUT2D eigenvalue weighted by Gasteiger charge is -2.22. The molecule has 3 rings (SSSR count). The zero-order valence-corrected chi connectivity index (χ0v) is 18.9. The third kappa shape index (κ3) is 8.02. The van der Waals surface area contributed by atoms with Gasteiger partial charge in [-0.2, -0.15) is 13.2 Å². The quantitative estimate of drug-likeness (QED) is 0.405. The summed E-state index contributed by atoms with van der Waals surface area (Å²) >= 11 is 0. The van der Waals surface area contributed by atoms with Gasteiger partial charge in [-0.15, -0.1) is 0 Å². The first kappa shape index (κ1) is 25.5. The van der Waals surface area contributed by atoms with E-state index in [1.807, 2.05) is 6.92 Å². The topological polar surface area (TPSA) is 82.0 Å². The standard InChI is InChI=1S/C24H28F3N3O4/c1-2-21(30-34-15-18-3-6-20(7-4-18)24(25,26)27)19-5-8-23(29-14-19)33-16-22(31)28-13-17-9-11-32-12-10-17/h3-8,14,17H,2,9-13,15-16H2,1H3,(H,28,31)/b30-21+. The molecular formula is C24H28F3N3O4. The highest BCUT2D eigenvalue weighted by atomic mass is 19.4. The van der Waals surface area contributed by atoms with Crippen molar-refractivity contribution < 1.29 is 32.3 Å². The molecule has 1 N–H and O–H groups in total. The van der Waals surface area contributed by atoms with Crippen LogP contribution in [0.3, 0.4) is 0 Å². The molecule has 184 valence electrons. The molecule has 0 atom stereocenters. The number of nitrogens with one attached hydrogen (secondary N) is 1. The monoisotopic (exact) mass is 479 g/mol. The summed E-state index contributed by atoms with van der Waals surface area (Å²) in [5.41, 5.74) is 1.20. The Morgan fingerprint density at radius 2 is 1.91 bits per heavy atom. The van der Waals surface area contributed by atoms with E-state index in [1.165, 1.54) is 12.1 Å². The molecule has 1 fully saturated rings. The molecule has 0 radical (unpaired) electrons. The largest absolute Gasteiger partial charge is 0.468 e. The average Bonchev–Trinajstić information content (AvgIpc) is 2.85. The number of amides is 1. The van der Waals surface area contributed by atoms with Gasteiger partial charge in [0.15, 0.2) is 6.61 Å². The maximum Gasteiger partial charge on any atom is 0.416 e. The molecule has 1 amide bonds. The van der Waals surface area contributed by atoms with E-state index in [-0.39, 0.29) is 19.1 Å². The Morgan fingerprint density at radius 3 is 2.53 bits per heavy atom. The summed E-state index contributed by atoms with van der Waals surface area (Å²) in [6.45, 7) is 3.89. The van der Waals surface area contributed by atoms with Crippen molar-refractivity contribution in [2.24, 2.45) is 11.1 Å². The van der Waals surface area contributed by atoms with E-state index in [1.54, 1.807) is 18.3 Å². The number of hydrogen-bond acceptors (Lipinski definition) is 6. The van der Waals surface area contributed by atoms with Gasteiger partial charge in [0.05, 0.1) is 11.3 Å². The maximum atomic E-state index is 12.6. The maximum absolute atomic E-state index is 12.6. The van der Waals surface area contributed by atoms with Gasteiger partial charge in [0.2, 0.25) is 5.88 Å². The second-order valence-corrected chi connectivity index (χ2v) is 7.89. The van der Waals surface area contributed by atoms with E-state index in [9.17, 15) is 18.0 Å². The Kier molecular flexibility index (Phi) is 9.26. The van der Waals surface area contributed by atoms with Crippen LogP contribution in [-0.4, -0.2) is 43.0 Å². The second kappa shape index (κ2) is 12.4. The number of rotatable bonds is 10. The summed E-state index contributed by atoms with van der Waals surface area (Å²) in [5, 5.41) is 6.96. The zero-order chi connectivity index (χ0) is 24.4. The van der Waals surface area contributed by atoms with Gasteiger partial charge in [-0.3, -0.25) is 4.79 Å². The van der Waals surface area contributed by atoms with Gasteiger partial charge in [0.1, 0.15) is 6.61 Å². The molecule has 0 saturated carbocycles. The number of hydrogen-bond donors (Lipinski definition) is 1. The lowest BCUT2D eigenvalue weighted by atomic mass is 10.0. The summed E-state index contributed by atoms with van der Waals surface area (Å²) < 4.78 is 48.7. The van der Waals surface area contributed by atoms with Gasteiger partial charge in [-0.1, -0.05) is 24.2 Å². The number of nitrogens with zero attached hydrogens (tertiary/aromatic N) is 2. The van der Waals surface area contributed by atoms with Crippen molar-refractivity contribution in [2.75, 3.05) is 26.4 Å². The Balaban J connectivity index is 1.45. The zero-order valence-electron chi connectivity index (χ0n) is 18.9. The fraction of sp³-hybridized carbons (Fsp3) is 0.458. The Morgan fingerprint density at radius 1 is 1.18 bits per heavy atom. The van der Waals surface area contributed by atoms with Crippen molar-refractivity contribution in [2.45, 2.75) is 39.0 Å². The average molecular weight is 479 g/mol. The second-order valence-electron chi connectivity index (χ2n) is 7.89. The predicted octanol–water partition coefficient (Wildman–Crippen LogP) is 4.35. The molecule has 0 bridgehead atoms. The molecule has 2 heterocycles. The molecule has 0 aliphatic carbocycles. The van der Waals surface area contributed by atoms with Crippen molar-refractivity contribution in [1.29, 1.82) is 0 Å². The Bertz CT molecular complexity index is 941. The van der Waals surface area contributed by atoms with E-state index in [4.69, 9.17) is 14.3 Å². The minimum Gasteiger partial charge on any atom is -0.468 e. The number of ether oxygens (including phenoxy) is 2. The van der Waals surface area contributed by atoms with Crippen LogP contribution < -0.4 is 10.1 Å². The minimum absolute atomic E-state index is 0.0409. The van der Waals surface area contributed by atoms with Crippen LogP contribution in [0, 0.1) is 5.92 Å². The van der Waals surface area contributed by atoms with Gasteiger partial charge in [-0.25, -0.2) is 4.98 Å². The number of oxime groups is 1. The van der Waals surface area contributed by atoms with Crippen LogP contribution in [0.2, 0.25) is 0 Å². The molecule has 2 aromatic rings. The first-order valence-electron chi connectivity index (χ1n) is 11.1. The SMILES string of the molecule is CC/C(=N\OCc1ccc(C(F)(F)F)cc1)c1ccc(OCC(=O)NCC2CCOCC2)nc1. The first-order chi connectivity index (χ1) is 16.3. The fourth-order valence-electron chi connectivity index (χ4n) is 3.33. The van der Waals surface area contributed by atoms with Crippen LogP contribution in [0.25, 0.3) is 0 Å².